The Morgan fingerprint density at radius 2 is 1.73 bits per heavy atom. The van der Waals surface area contributed by atoms with Gasteiger partial charge in [-0.2, -0.15) is 0 Å². The number of urea groups is 1. The van der Waals surface area contributed by atoms with Crippen molar-refractivity contribution in [2.24, 2.45) is 5.92 Å². The van der Waals surface area contributed by atoms with Crippen molar-refractivity contribution in [3.8, 4) is 5.75 Å². The molecule has 3 N–H and O–H groups in total. The maximum absolute atomic E-state index is 13.7. The Bertz CT molecular complexity index is 974. The van der Waals surface area contributed by atoms with E-state index in [9.17, 15) is 24.3 Å². The molecule has 0 aromatic heterocycles. The molecule has 1 aromatic rings. The average Bonchev–Trinajstić information content (AvgIpc) is 3.59. The molecule has 3 atom stereocenters. The Balaban J connectivity index is 1.54. The number of carboxylic acid groups (broad SMARTS) is 1. The summed E-state index contributed by atoms with van der Waals surface area (Å²) < 4.78 is 10.7. The van der Waals surface area contributed by atoms with Crippen LogP contribution in [0.15, 0.2) is 24.3 Å². The van der Waals surface area contributed by atoms with Crippen molar-refractivity contribution < 1.29 is 33.8 Å². The minimum atomic E-state index is -1.20. The minimum absolute atomic E-state index is 0.0408. The number of carbonyl (C=O) groups excluding carboxylic acids is 3. The molecule has 3 fully saturated rings. The topological polar surface area (TPSA) is 138 Å². The Morgan fingerprint density at radius 1 is 1.03 bits per heavy atom. The fraction of sp³-hybridized carbons (Fsp3) is 0.615. The molecule has 11 heteroatoms. The summed E-state index contributed by atoms with van der Waals surface area (Å²) in [6.45, 7) is 0.816. The van der Waals surface area contributed by atoms with Gasteiger partial charge in [-0.15, -0.1) is 0 Å². The molecule has 3 aliphatic rings. The maximum Gasteiger partial charge on any atom is 0.323 e. The van der Waals surface area contributed by atoms with Gasteiger partial charge in [0.05, 0.1) is 13.5 Å². The second-order valence-electron chi connectivity index (χ2n) is 9.87. The number of methoxy groups -OCH3 is 1. The molecule has 2 aliphatic heterocycles. The molecular weight excluding hydrogens is 480 g/mol. The van der Waals surface area contributed by atoms with Gasteiger partial charge in [0, 0.05) is 31.4 Å². The van der Waals surface area contributed by atoms with Crippen molar-refractivity contribution in [2.75, 3.05) is 32.1 Å². The Hall–Kier alpha value is -3.34. The van der Waals surface area contributed by atoms with Gasteiger partial charge < -0.3 is 30.1 Å². The van der Waals surface area contributed by atoms with Crippen molar-refractivity contribution >= 4 is 29.5 Å². The third kappa shape index (κ3) is 6.51. The molecule has 0 radical (unpaired) electrons. The van der Waals surface area contributed by atoms with E-state index in [1.165, 1.54) is 9.80 Å². The smallest absolute Gasteiger partial charge is 0.323 e. The first-order valence-corrected chi connectivity index (χ1v) is 13.0. The maximum atomic E-state index is 13.7. The second-order valence-corrected chi connectivity index (χ2v) is 9.87. The van der Waals surface area contributed by atoms with E-state index in [-0.39, 0.29) is 31.3 Å². The molecule has 4 rings (SSSR count). The molecule has 11 nitrogen and oxygen atoms in total. The zero-order valence-corrected chi connectivity index (χ0v) is 21.2. The molecule has 1 aliphatic carbocycles. The highest BCUT2D eigenvalue weighted by Gasteiger charge is 2.46. The molecule has 1 aromatic carbocycles. The van der Waals surface area contributed by atoms with Crippen molar-refractivity contribution in [3.05, 3.63) is 24.3 Å². The van der Waals surface area contributed by atoms with Gasteiger partial charge in [-0.3, -0.25) is 19.3 Å². The van der Waals surface area contributed by atoms with E-state index in [1.54, 1.807) is 31.4 Å². The number of hydrogen-bond acceptors (Lipinski definition) is 6. The highest BCUT2D eigenvalue weighted by molar-refractivity contribution is 5.97. The monoisotopic (exact) mass is 516 g/mol. The minimum Gasteiger partial charge on any atom is -0.497 e. The molecule has 0 spiro atoms. The molecule has 1 saturated carbocycles. The second kappa shape index (κ2) is 12.3. The summed E-state index contributed by atoms with van der Waals surface area (Å²) in [5, 5.41) is 15.2. The van der Waals surface area contributed by atoms with Crippen LogP contribution in [0.3, 0.4) is 0 Å². The lowest BCUT2D eigenvalue weighted by Crippen LogP contribution is -2.58. The first-order valence-electron chi connectivity index (χ1n) is 13.0. The van der Waals surface area contributed by atoms with Gasteiger partial charge in [-0.1, -0.05) is 19.3 Å². The van der Waals surface area contributed by atoms with Gasteiger partial charge in [-0.25, -0.2) is 4.79 Å². The quantitative estimate of drug-likeness (QED) is 0.482. The van der Waals surface area contributed by atoms with E-state index in [1.807, 2.05) is 0 Å². The SMILES string of the molecule is COc1ccc(NC(=O)N2CCN(C(=O)C3CCCO3)C2C(=O)NC(CC(=O)O)C2CCCCC2)cc1. The summed E-state index contributed by atoms with van der Waals surface area (Å²) in [6, 6.07) is 5.68. The summed E-state index contributed by atoms with van der Waals surface area (Å²) in [5.74, 6) is -1.20. The number of anilines is 1. The number of ether oxygens (including phenoxy) is 2. The van der Waals surface area contributed by atoms with Crippen molar-refractivity contribution in [1.82, 2.24) is 15.1 Å². The van der Waals surface area contributed by atoms with E-state index in [0.29, 0.717) is 24.5 Å². The van der Waals surface area contributed by atoms with E-state index in [4.69, 9.17) is 9.47 Å². The fourth-order valence-electron chi connectivity index (χ4n) is 5.50. The van der Waals surface area contributed by atoms with E-state index in [2.05, 4.69) is 10.6 Å². The van der Waals surface area contributed by atoms with Crippen molar-refractivity contribution in [1.29, 1.82) is 0 Å². The highest BCUT2D eigenvalue weighted by atomic mass is 16.5. The molecule has 0 bridgehead atoms. The Kier molecular flexibility index (Phi) is 8.86. The van der Waals surface area contributed by atoms with Crippen LogP contribution in [0, 0.1) is 5.92 Å². The highest BCUT2D eigenvalue weighted by Crippen LogP contribution is 2.29. The van der Waals surface area contributed by atoms with Gasteiger partial charge >= 0.3 is 12.0 Å². The number of benzene rings is 1. The molecule has 4 amide bonds. The Labute approximate surface area is 216 Å². The standard InChI is InChI=1S/C26H36N4O7/c1-36-19-11-9-18(10-12-19)27-26(35)30-14-13-29(25(34)21-8-5-15-37-21)24(30)23(33)28-20(16-22(31)32)17-6-3-2-4-7-17/h9-12,17,20-21,24H,2-8,13-16H2,1H3,(H,27,35)(H,28,33)(H,31,32). The van der Waals surface area contributed by atoms with Crippen LogP contribution in [-0.2, 0) is 19.1 Å². The Morgan fingerprint density at radius 3 is 2.35 bits per heavy atom. The summed E-state index contributed by atoms with van der Waals surface area (Å²) in [7, 11) is 1.55. The third-order valence-electron chi connectivity index (χ3n) is 7.44. The molecule has 37 heavy (non-hydrogen) atoms. The zero-order valence-electron chi connectivity index (χ0n) is 21.2. The molecule has 202 valence electrons. The van der Waals surface area contributed by atoms with Crippen LogP contribution in [-0.4, -0.2) is 83.8 Å². The van der Waals surface area contributed by atoms with Crippen LogP contribution in [0.5, 0.6) is 5.75 Å². The summed E-state index contributed by atoms with van der Waals surface area (Å²) in [5.41, 5.74) is 0.514. The number of hydrogen-bond donors (Lipinski definition) is 3. The number of carbonyl (C=O) groups is 4. The van der Waals surface area contributed by atoms with Gasteiger partial charge in [0.15, 0.2) is 6.17 Å². The number of carboxylic acids is 1. The lowest BCUT2D eigenvalue weighted by molar-refractivity contribution is -0.148. The molecule has 3 unspecified atom stereocenters. The zero-order chi connectivity index (χ0) is 26.4. The largest absolute Gasteiger partial charge is 0.497 e. The van der Waals surface area contributed by atoms with Crippen LogP contribution in [0.1, 0.15) is 51.4 Å². The van der Waals surface area contributed by atoms with E-state index >= 15 is 0 Å². The molecule has 2 heterocycles. The normalized spacial score (nSPS) is 22.9. The third-order valence-corrected chi connectivity index (χ3v) is 7.44. The first-order chi connectivity index (χ1) is 17.9. The lowest BCUT2D eigenvalue weighted by atomic mass is 9.82. The van der Waals surface area contributed by atoms with Gasteiger partial charge in [0.2, 0.25) is 0 Å². The number of nitrogens with zero attached hydrogens (tertiary/aromatic N) is 2. The first kappa shape index (κ1) is 26.7. The molecule has 2 saturated heterocycles. The number of aliphatic carboxylic acids is 1. The van der Waals surface area contributed by atoms with Crippen LogP contribution in [0.25, 0.3) is 0 Å². The van der Waals surface area contributed by atoms with E-state index < -0.39 is 36.2 Å². The predicted octanol–water partition coefficient (Wildman–Crippen LogP) is 2.42. The number of nitrogens with one attached hydrogen (secondary N) is 2. The van der Waals surface area contributed by atoms with Crippen LogP contribution in [0.4, 0.5) is 10.5 Å². The average molecular weight is 517 g/mol. The van der Waals surface area contributed by atoms with Crippen LogP contribution in [0.2, 0.25) is 0 Å². The summed E-state index contributed by atoms with van der Waals surface area (Å²) >= 11 is 0. The van der Waals surface area contributed by atoms with E-state index in [0.717, 1.165) is 38.5 Å². The summed E-state index contributed by atoms with van der Waals surface area (Å²) in [4.78, 5) is 54.6. The predicted molar refractivity (Wildman–Crippen MR) is 134 cm³/mol. The molecular formula is C26H36N4O7. The fourth-order valence-corrected chi connectivity index (χ4v) is 5.50. The van der Waals surface area contributed by atoms with Gasteiger partial charge in [-0.05, 0) is 55.9 Å². The number of rotatable bonds is 8. The lowest BCUT2D eigenvalue weighted by Gasteiger charge is -2.34. The summed E-state index contributed by atoms with van der Waals surface area (Å²) in [6.07, 6.45) is 4.00. The van der Waals surface area contributed by atoms with Crippen molar-refractivity contribution in [3.63, 3.8) is 0 Å². The van der Waals surface area contributed by atoms with Crippen LogP contribution < -0.4 is 15.4 Å². The number of amides is 4. The van der Waals surface area contributed by atoms with Crippen molar-refractivity contribution in [2.45, 2.75) is 69.7 Å². The van der Waals surface area contributed by atoms with Gasteiger partial charge in [0.1, 0.15) is 11.9 Å². The van der Waals surface area contributed by atoms with Gasteiger partial charge in [0.25, 0.3) is 11.8 Å². The van der Waals surface area contributed by atoms with Crippen LogP contribution >= 0.6 is 0 Å².